The van der Waals surface area contributed by atoms with Crippen molar-refractivity contribution in [2.24, 2.45) is 0 Å². The number of benzene rings is 1. The fraction of sp³-hybridized carbons (Fsp3) is 0.278. The molecule has 3 rings (SSSR count). The Bertz CT molecular complexity index is 902. The topological polar surface area (TPSA) is 73.6 Å². The molecule has 1 N–H and O–H groups in total. The highest BCUT2D eigenvalue weighted by atomic mass is 32.1. The van der Waals surface area contributed by atoms with E-state index in [0.29, 0.717) is 12.4 Å². The molecule has 1 aromatic carbocycles. The molecule has 0 amide bonds. The first kappa shape index (κ1) is 19.8. The highest BCUT2D eigenvalue weighted by molar-refractivity contribution is 7.62. The molecule has 2 heterocycles. The summed E-state index contributed by atoms with van der Waals surface area (Å²) in [6.07, 6.45) is 0. The number of nitrogens with zero attached hydrogens (tertiary/aromatic N) is 1. The van der Waals surface area contributed by atoms with Crippen molar-refractivity contribution >= 4 is 30.3 Å². The van der Waals surface area contributed by atoms with Crippen molar-refractivity contribution in [2.45, 2.75) is 20.4 Å². The molecule has 144 valence electrons. The van der Waals surface area contributed by atoms with Crippen LogP contribution in [0.3, 0.4) is 0 Å². The lowest BCUT2D eigenvalue weighted by atomic mass is 10.2. The first-order chi connectivity index (χ1) is 13.1. The van der Waals surface area contributed by atoms with Gasteiger partial charge in [-0.05, 0) is 43.0 Å². The van der Waals surface area contributed by atoms with E-state index in [2.05, 4.69) is 10.3 Å². The third kappa shape index (κ3) is 4.65. The largest absolute Gasteiger partial charge is 0.419 e. The summed E-state index contributed by atoms with van der Waals surface area (Å²) in [6.45, 7) is 4.21. The molecule has 0 aliphatic heterocycles. The van der Waals surface area contributed by atoms with Gasteiger partial charge in [-0.3, -0.25) is 4.57 Å². The van der Waals surface area contributed by atoms with Gasteiger partial charge in [0, 0.05) is 6.54 Å². The molecular formula is C18H20FN2O4PS. The van der Waals surface area contributed by atoms with Crippen LogP contribution in [-0.4, -0.2) is 18.2 Å². The van der Waals surface area contributed by atoms with Crippen LogP contribution in [0.2, 0.25) is 0 Å². The third-order valence-corrected chi connectivity index (χ3v) is 6.44. The number of thiophene rings is 1. The Hall–Kier alpha value is -1.99. The van der Waals surface area contributed by atoms with E-state index in [1.165, 1.54) is 23.5 Å². The van der Waals surface area contributed by atoms with Crippen LogP contribution in [0.4, 0.5) is 10.3 Å². The van der Waals surface area contributed by atoms with Crippen LogP contribution in [0, 0.1) is 5.82 Å². The quantitative estimate of drug-likeness (QED) is 0.498. The summed E-state index contributed by atoms with van der Waals surface area (Å²) in [7, 11) is -3.64. The van der Waals surface area contributed by atoms with E-state index in [1.807, 2.05) is 17.5 Å². The number of anilines is 1. The molecule has 0 aliphatic rings. The zero-order chi connectivity index (χ0) is 19.3. The summed E-state index contributed by atoms with van der Waals surface area (Å²) in [5.41, 5.74) is 0.941. The Kier molecular flexibility index (Phi) is 6.44. The molecule has 0 atom stereocenters. The van der Waals surface area contributed by atoms with Crippen molar-refractivity contribution in [1.82, 2.24) is 4.98 Å². The first-order valence-electron chi connectivity index (χ1n) is 8.48. The normalized spacial score (nSPS) is 11.7. The minimum absolute atomic E-state index is 0.108. The maximum atomic E-state index is 13.2. The first-order valence-corrected chi connectivity index (χ1v) is 10.9. The molecule has 0 fully saturated rings. The van der Waals surface area contributed by atoms with E-state index >= 15 is 0 Å². The van der Waals surface area contributed by atoms with Gasteiger partial charge in [0.1, 0.15) is 5.82 Å². The van der Waals surface area contributed by atoms with Gasteiger partial charge in [-0.15, -0.1) is 11.3 Å². The molecular weight excluding hydrogens is 390 g/mol. The van der Waals surface area contributed by atoms with Crippen LogP contribution in [0.15, 0.2) is 46.2 Å². The molecule has 0 saturated carbocycles. The van der Waals surface area contributed by atoms with Gasteiger partial charge in [0.15, 0.2) is 0 Å². The van der Waals surface area contributed by atoms with Crippen LogP contribution in [0.25, 0.3) is 10.8 Å². The van der Waals surface area contributed by atoms with Gasteiger partial charge in [0.05, 0.1) is 18.1 Å². The summed E-state index contributed by atoms with van der Waals surface area (Å²) < 4.78 is 43.0. The van der Waals surface area contributed by atoms with E-state index < -0.39 is 7.60 Å². The zero-order valence-electron chi connectivity index (χ0n) is 15.0. The SMILES string of the molecule is CCOP(=O)(OCC)c1nc(-c2cccs2)oc1NCc1ccc(F)cc1. The van der Waals surface area contributed by atoms with Gasteiger partial charge >= 0.3 is 7.60 Å². The minimum atomic E-state index is -3.64. The van der Waals surface area contributed by atoms with Gasteiger partial charge in [0.25, 0.3) is 0 Å². The standard InChI is InChI=1S/C18H20FN2O4PS/c1-3-23-26(22,24-4-2)18-17(20-12-13-7-9-14(19)10-8-13)25-16(21-18)15-6-5-11-27-15/h5-11,20H,3-4,12H2,1-2H3. The Balaban J connectivity index is 1.94. The monoisotopic (exact) mass is 410 g/mol. The predicted octanol–water partition coefficient (Wildman–Crippen LogP) is 5.05. The van der Waals surface area contributed by atoms with Crippen LogP contribution < -0.4 is 10.8 Å². The Labute approximate surface area is 160 Å². The molecule has 3 aromatic rings. The summed E-state index contributed by atoms with van der Waals surface area (Å²) in [5.74, 6) is 0.241. The Morgan fingerprint density at radius 2 is 1.89 bits per heavy atom. The summed E-state index contributed by atoms with van der Waals surface area (Å²) in [6, 6.07) is 9.80. The molecule has 0 aliphatic carbocycles. The van der Waals surface area contributed by atoms with Crippen molar-refractivity contribution in [2.75, 3.05) is 18.5 Å². The second-order valence-corrected chi connectivity index (χ2v) is 8.34. The highest BCUT2D eigenvalue weighted by Crippen LogP contribution is 2.49. The average Bonchev–Trinajstić information content (AvgIpc) is 3.31. The Morgan fingerprint density at radius 3 is 2.48 bits per heavy atom. The molecule has 27 heavy (non-hydrogen) atoms. The van der Waals surface area contributed by atoms with Gasteiger partial charge < -0.3 is 18.8 Å². The number of nitrogens with one attached hydrogen (secondary N) is 1. The second-order valence-electron chi connectivity index (χ2n) is 5.46. The lowest BCUT2D eigenvalue weighted by molar-refractivity contribution is 0.229. The summed E-state index contributed by atoms with van der Waals surface area (Å²) >= 11 is 1.45. The maximum absolute atomic E-state index is 13.2. The van der Waals surface area contributed by atoms with E-state index in [0.717, 1.165) is 10.4 Å². The molecule has 2 aromatic heterocycles. The van der Waals surface area contributed by atoms with E-state index in [4.69, 9.17) is 13.5 Å². The smallest absolute Gasteiger partial charge is 0.385 e. The number of oxazole rings is 1. The fourth-order valence-electron chi connectivity index (χ4n) is 2.40. The molecule has 0 bridgehead atoms. The predicted molar refractivity (Wildman–Crippen MR) is 104 cm³/mol. The fourth-order valence-corrected chi connectivity index (χ4v) is 4.64. The van der Waals surface area contributed by atoms with Crippen molar-refractivity contribution < 1.29 is 22.4 Å². The average molecular weight is 410 g/mol. The number of hydrogen-bond donors (Lipinski definition) is 1. The van der Waals surface area contributed by atoms with Crippen LogP contribution in [0.5, 0.6) is 0 Å². The van der Waals surface area contributed by atoms with Crippen molar-refractivity contribution in [1.29, 1.82) is 0 Å². The lowest BCUT2D eigenvalue weighted by Gasteiger charge is -2.15. The van der Waals surface area contributed by atoms with Gasteiger partial charge in [-0.1, -0.05) is 18.2 Å². The summed E-state index contributed by atoms with van der Waals surface area (Å²) in [5, 5.41) is 4.97. The third-order valence-electron chi connectivity index (χ3n) is 3.57. The highest BCUT2D eigenvalue weighted by Gasteiger charge is 2.35. The van der Waals surface area contributed by atoms with Crippen LogP contribution in [0.1, 0.15) is 19.4 Å². The van der Waals surface area contributed by atoms with Crippen molar-refractivity contribution in [3.05, 3.63) is 53.2 Å². The molecule has 0 spiro atoms. The van der Waals surface area contributed by atoms with Crippen LogP contribution >= 0.6 is 18.9 Å². The molecule has 0 unspecified atom stereocenters. The van der Waals surface area contributed by atoms with E-state index in [-0.39, 0.29) is 30.4 Å². The molecule has 0 radical (unpaired) electrons. The van der Waals surface area contributed by atoms with Crippen LogP contribution in [-0.2, 0) is 20.2 Å². The second kappa shape index (κ2) is 8.80. The molecule has 9 heteroatoms. The molecule has 0 saturated heterocycles. The van der Waals surface area contributed by atoms with Gasteiger partial charge in [-0.25, -0.2) is 4.39 Å². The Morgan fingerprint density at radius 1 is 1.19 bits per heavy atom. The van der Waals surface area contributed by atoms with Gasteiger partial charge in [0.2, 0.25) is 17.2 Å². The summed E-state index contributed by atoms with van der Waals surface area (Å²) in [4.78, 5) is 5.19. The van der Waals surface area contributed by atoms with Crippen molar-refractivity contribution in [3.8, 4) is 10.8 Å². The van der Waals surface area contributed by atoms with E-state index in [1.54, 1.807) is 26.0 Å². The number of rotatable bonds is 9. The number of hydrogen-bond acceptors (Lipinski definition) is 7. The maximum Gasteiger partial charge on any atom is 0.385 e. The van der Waals surface area contributed by atoms with E-state index in [9.17, 15) is 8.96 Å². The minimum Gasteiger partial charge on any atom is -0.419 e. The van der Waals surface area contributed by atoms with Crippen molar-refractivity contribution in [3.63, 3.8) is 0 Å². The zero-order valence-corrected chi connectivity index (χ0v) is 16.7. The number of halogens is 1. The lowest BCUT2D eigenvalue weighted by Crippen LogP contribution is -2.16. The number of aromatic nitrogens is 1. The molecule has 6 nitrogen and oxygen atoms in total. The van der Waals surface area contributed by atoms with Gasteiger partial charge in [-0.2, -0.15) is 4.98 Å².